The van der Waals surface area contributed by atoms with Crippen molar-refractivity contribution in [3.05, 3.63) is 35.1 Å². The minimum atomic E-state index is -0.893. The summed E-state index contributed by atoms with van der Waals surface area (Å²) in [5, 5.41) is 17.0. The molecule has 164 valence electrons. The highest BCUT2D eigenvalue weighted by molar-refractivity contribution is 5.95. The molecule has 0 aliphatic heterocycles. The molecule has 10 nitrogen and oxygen atoms in total. The highest BCUT2D eigenvalue weighted by Crippen LogP contribution is 2.10. The number of carbonyl (C=O) groups is 4. The van der Waals surface area contributed by atoms with E-state index >= 15 is 0 Å². The Balaban J connectivity index is 2.53. The first-order valence-corrected chi connectivity index (χ1v) is 9.22. The maximum Gasteiger partial charge on any atom is 0.243 e. The highest BCUT2D eigenvalue weighted by Gasteiger charge is 2.24. The Morgan fingerprint density at radius 2 is 1.70 bits per heavy atom. The Hall–Kier alpha value is -3.50. The van der Waals surface area contributed by atoms with Gasteiger partial charge in [-0.2, -0.15) is 0 Å². The van der Waals surface area contributed by atoms with E-state index in [0.717, 1.165) is 6.07 Å². The fraction of sp³-hybridized carbons (Fsp3) is 0.421. The monoisotopic (exact) mass is 422 g/mol. The number of amidine groups is 1. The Morgan fingerprint density at radius 3 is 2.23 bits per heavy atom. The SMILES string of the molecule is CC(=O)NCC(=O)NC(C(=O)NCC(=O)NCc1ccc(C(=N)N)cc1F)C(C)C. The first kappa shape index (κ1) is 24.5. The first-order chi connectivity index (χ1) is 14.0. The zero-order chi connectivity index (χ0) is 22.8. The maximum absolute atomic E-state index is 14.0. The fourth-order valence-electron chi connectivity index (χ4n) is 2.36. The summed E-state index contributed by atoms with van der Waals surface area (Å²) in [6.45, 7) is 3.96. The summed E-state index contributed by atoms with van der Waals surface area (Å²) < 4.78 is 14.0. The van der Waals surface area contributed by atoms with Crippen LogP contribution < -0.4 is 27.0 Å². The molecule has 1 aromatic rings. The number of halogens is 1. The molecule has 30 heavy (non-hydrogen) atoms. The van der Waals surface area contributed by atoms with Crippen LogP contribution in [0.15, 0.2) is 18.2 Å². The van der Waals surface area contributed by atoms with Crippen molar-refractivity contribution in [1.82, 2.24) is 21.3 Å². The smallest absolute Gasteiger partial charge is 0.243 e. The summed E-state index contributed by atoms with van der Waals surface area (Å²) in [5.74, 6) is -3.17. The van der Waals surface area contributed by atoms with E-state index in [1.807, 2.05) is 0 Å². The number of amides is 4. The van der Waals surface area contributed by atoms with Crippen LogP contribution in [0.25, 0.3) is 0 Å². The van der Waals surface area contributed by atoms with Gasteiger partial charge in [-0.05, 0) is 12.0 Å². The van der Waals surface area contributed by atoms with Gasteiger partial charge in [0.25, 0.3) is 0 Å². The summed E-state index contributed by atoms with van der Waals surface area (Å²) in [5.41, 5.74) is 5.72. The van der Waals surface area contributed by atoms with Crippen molar-refractivity contribution in [2.45, 2.75) is 33.4 Å². The van der Waals surface area contributed by atoms with Gasteiger partial charge in [0, 0.05) is 24.6 Å². The summed E-state index contributed by atoms with van der Waals surface area (Å²) in [6, 6.07) is 3.08. The Morgan fingerprint density at radius 1 is 1.07 bits per heavy atom. The second kappa shape index (κ2) is 11.5. The van der Waals surface area contributed by atoms with Crippen molar-refractivity contribution in [3.63, 3.8) is 0 Å². The second-order valence-corrected chi connectivity index (χ2v) is 6.91. The normalized spacial score (nSPS) is 11.4. The molecule has 0 fully saturated rings. The summed E-state index contributed by atoms with van der Waals surface area (Å²) in [6.07, 6.45) is 0. The summed E-state index contributed by atoms with van der Waals surface area (Å²) in [7, 11) is 0. The lowest BCUT2D eigenvalue weighted by molar-refractivity contribution is -0.131. The molecule has 1 rings (SSSR count). The Labute approximate surface area is 173 Å². The molecule has 0 saturated carbocycles. The molecule has 0 aromatic heterocycles. The molecule has 0 aliphatic carbocycles. The van der Waals surface area contributed by atoms with Crippen LogP contribution in [0.4, 0.5) is 4.39 Å². The lowest BCUT2D eigenvalue weighted by atomic mass is 10.0. The number of hydrogen-bond donors (Lipinski definition) is 6. The van der Waals surface area contributed by atoms with Gasteiger partial charge in [0.15, 0.2) is 0 Å². The first-order valence-electron chi connectivity index (χ1n) is 9.22. The average Bonchev–Trinajstić information content (AvgIpc) is 2.67. The van der Waals surface area contributed by atoms with Crippen LogP contribution in [-0.2, 0) is 25.7 Å². The number of rotatable bonds is 10. The van der Waals surface area contributed by atoms with E-state index in [0.29, 0.717) is 0 Å². The molecular weight excluding hydrogens is 395 g/mol. The van der Waals surface area contributed by atoms with Crippen molar-refractivity contribution >= 4 is 29.5 Å². The Bertz CT molecular complexity index is 827. The fourth-order valence-corrected chi connectivity index (χ4v) is 2.36. The van der Waals surface area contributed by atoms with Crippen molar-refractivity contribution in [1.29, 1.82) is 5.41 Å². The molecule has 0 radical (unpaired) electrons. The van der Waals surface area contributed by atoms with E-state index in [1.165, 1.54) is 19.1 Å². The van der Waals surface area contributed by atoms with Gasteiger partial charge in [0.05, 0.1) is 13.1 Å². The van der Waals surface area contributed by atoms with Gasteiger partial charge in [-0.3, -0.25) is 24.6 Å². The average molecular weight is 422 g/mol. The molecule has 7 N–H and O–H groups in total. The molecule has 4 amide bonds. The summed E-state index contributed by atoms with van der Waals surface area (Å²) in [4.78, 5) is 46.9. The molecule has 0 aliphatic rings. The minimum Gasteiger partial charge on any atom is -0.384 e. The molecule has 1 aromatic carbocycles. The predicted molar refractivity (Wildman–Crippen MR) is 108 cm³/mol. The topological polar surface area (TPSA) is 166 Å². The zero-order valence-corrected chi connectivity index (χ0v) is 17.1. The predicted octanol–water partition coefficient (Wildman–Crippen LogP) is -0.881. The maximum atomic E-state index is 14.0. The van der Waals surface area contributed by atoms with Crippen molar-refractivity contribution in [2.24, 2.45) is 11.7 Å². The molecule has 0 heterocycles. The van der Waals surface area contributed by atoms with Crippen LogP contribution >= 0.6 is 0 Å². The molecule has 0 bridgehead atoms. The standard InChI is InChI=1S/C19H27FN6O4/c1-10(2)17(26-16(29)9-23-11(3)27)19(30)25-8-15(28)24-7-13-5-4-12(18(21)22)6-14(13)20/h4-6,10,17H,7-9H2,1-3H3,(H3,21,22)(H,23,27)(H,24,28)(H,25,30)(H,26,29). The van der Waals surface area contributed by atoms with Crippen LogP contribution in [0, 0.1) is 17.1 Å². The van der Waals surface area contributed by atoms with E-state index in [-0.39, 0.29) is 48.4 Å². The van der Waals surface area contributed by atoms with Crippen LogP contribution in [0.2, 0.25) is 0 Å². The quantitative estimate of drug-likeness (QED) is 0.212. The third-order valence-electron chi connectivity index (χ3n) is 4.03. The van der Waals surface area contributed by atoms with E-state index in [9.17, 15) is 23.6 Å². The third kappa shape index (κ3) is 8.25. The number of benzene rings is 1. The largest absolute Gasteiger partial charge is 0.384 e. The van der Waals surface area contributed by atoms with Crippen molar-refractivity contribution < 1.29 is 23.6 Å². The summed E-state index contributed by atoms with van der Waals surface area (Å²) >= 11 is 0. The lowest BCUT2D eigenvalue weighted by Gasteiger charge is -2.21. The number of nitrogens with two attached hydrogens (primary N) is 1. The number of hydrogen-bond acceptors (Lipinski definition) is 5. The van der Waals surface area contributed by atoms with E-state index < -0.39 is 29.6 Å². The van der Waals surface area contributed by atoms with Crippen molar-refractivity contribution in [3.8, 4) is 0 Å². The van der Waals surface area contributed by atoms with Crippen LogP contribution in [0.3, 0.4) is 0 Å². The lowest BCUT2D eigenvalue weighted by Crippen LogP contribution is -2.53. The zero-order valence-electron chi connectivity index (χ0n) is 17.1. The number of nitrogen functional groups attached to an aromatic ring is 1. The highest BCUT2D eigenvalue weighted by atomic mass is 19.1. The number of nitrogens with one attached hydrogen (secondary N) is 5. The van der Waals surface area contributed by atoms with Gasteiger partial charge >= 0.3 is 0 Å². The van der Waals surface area contributed by atoms with Gasteiger partial charge in [-0.1, -0.05) is 26.0 Å². The minimum absolute atomic E-state index is 0.111. The molecular formula is C19H27FN6O4. The second-order valence-electron chi connectivity index (χ2n) is 6.91. The molecule has 11 heteroatoms. The number of carbonyl (C=O) groups excluding carboxylic acids is 4. The van der Waals surface area contributed by atoms with E-state index in [1.54, 1.807) is 13.8 Å². The third-order valence-corrected chi connectivity index (χ3v) is 4.03. The van der Waals surface area contributed by atoms with E-state index in [2.05, 4.69) is 21.3 Å². The van der Waals surface area contributed by atoms with Gasteiger partial charge in [0.2, 0.25) is 23.6 Å². The molecule has 1 atom stereocenters. The van der Waals surface area contributed by atoms with Crippen LogP contribution in [-0.4, -0.2) is 48.6 Å². The van der Waals surface area contributed by atoms with Gasteiger partial charge < -0.3 is 27.0 Å². The van der Waals surface area contributed by atoms with Gasteiger partial charge in [0.1, 0.15) is 17.7 Å². The van der Waals surface area contributed by atoms with Gasteiger partial charge in [-0.15, -0.1) is 0 Å². The molecule has 1 unspecified atom stereocenters. The molecule has 0 spiro atoms. The van der Waals surface area contributed by atoms with Crippen LogP contribution in [0.1, 0.15) is 31.9 Å². The van der Waals surface area contributed by atoms with Crippen molar-refractivity contribution in [2.75, 3.05) is 13.1 Å². The van der Waals surface area contributed by atoms with Crippen LogP contribution in [0.5, 0.6) is 0 Å². The molecule has 0 saturated heterocycles. The van der Waals surface area contributed by atoms with Gasteiger partial charge in [-0.25, -0.2) is 4.39 Å². The Kier molecular flexibility index (Phi) is 9.40. The van der Waals surface area contributed by atoms with E-state index in [4.69, 9.17) is 11.1 Å².